The van der Waals surface area contributed by atoms with Crippen LogP contribution in [0, 0.1) is 17.2 Å². The maximum atomic E-state index is 9.28. The van der Waals surface area contributed by atoms with Gasteiger partial charge in [-0.2, -0.15) is 5.26 Å². The summed E-state index contributed by atoms with van der Waals surface area (Å²) in [5, 5.41) is 9.28. The van der Waals surface area contributed by atoms with E-state index in [1.807, 2.05) is 0 Å². The Bertz CT molecular complexity index is 323. The second-order valence-corrected chi connectivity index (χ2v) is 5.89. The van der Waals surface area contributed by atoms with E-state index in [2.05, 4.69) is 17.9 Å². The van der Waals surface area contributed by atoms with Gasteiger partial charge in [-0.25, -0.2) is 0 Å². The van der Waals surface area contributed by atoms with Crippen molar-refractivity contribution >= 4 is 0 Å². The molecular weight excluding hydrogens is 214 g/mol. The smallest absolute Gasteiger partial charge is 0.119 e. The molecule has 1 aliphatic heterocycles. The van der Waals surface area contributed by atoms with Crippen molar-refractivity contribution in [3.05, 3.63) is 0 Å². The lowest BCUT2D eigenvalue weighted by Gasteiger charge is -2.41. The molecule has 0 aromatic carbocycles. The van der Waals surface area contributed by atoms with Crippen molar-refractivity contribution in [2.75, 3.05) is 26.7 Å². The number of nitrogens with two attached hydrogens (primary N) is 1. The largest absolute Gasteiger partial charge is 0.377 e. The highest BCUT2D eigenvalue weighted by molar-refractivity contribution is 5.15. The Labute approximate surface area is 104 Å². The quantitative estimate of drug-likeness (QED) is 0.796. The van der Waals surface area contributed by atoms with Crippen molar-refractivity contribution in [3.63, 3.8) is 0 Å². The number of nitrogens with zero attached hydrogens (tertiary/aromatic N) is 2. The molecule has 96 valence electrons. The molecule has 0 bridgehead atoms. The first-order valence-corrected chi connectivity index (χ1v) is 6.49. The van der Waals surface area contributed by atoms with Crippen molar-refractivity contribution < 1.29 is 4.74 Å². The zero-order valence-corrected chi connectivity index (χ0v) is 10.9. The summed E-state index contributed by atoms with van der Waals surface area (Å²) >= 11 is 0. The summed E-state index contributed by atoms with van der Waals surface area (Å²) in [6.45, 7) is 4.75. The van der Waals surface area contributed by atoms with Crippen LogP contribution in [-0.2, 0) is 4.74 Å². The average Bonchev–Trinajstić information content (AvgIpc) is 3.13. The molecule has 1 saturated heterocycles. The van der Waals surface area contributed by atoms with E-state index in [9.17, 15) is 5.26 Å². The van der Waals surface area contributed by atoms with Gasteiger partial charge in [0.1, 0.15) is 5.54 Å². The van der Waals surface area contributed by atoms with E-state index < -0.39 is 5.54 Å². The maximum absolute atomic E-state index is 9.28. The second-order valence-electron chi connectivity index (χ2n) is 5.89. The van der Waals surface area contributed by atoms with E-state index in [-0.39, 0.29) is 5.60 Å². The Balaban J connectivity index is 1.96. The van der Waals surface area contributed by atoms with Crippen LogP contribution in [0.3, 0.4) is 0 Å². The van der Waals surface area contributed by atoms with Crippen LogP contribution in [0.5, 0.6) is 0 Å². The molecule has 2 rings (SSSR count). The number of piperidine rings is 1. The minimum Gasteiger partial charge on any atom is -0.377 e. The van der Waals surface area contributed by atoms with Crippen LogP contribution in [0.15, 0.2) is 0 Å². The second kappa shape index (κ2) is 4.56. The number of ether oxygens (including phenoxy) is 1. The molecule has 1 aliphatic carbocycles. The van der Waals surface area contributed by atoms with Gasteiger partial charge in [-0.15, -0.1) is 0 Å². The third-order valence-electron chi connectivity index (χ3n) is 4.23. The van der Waals surface area contributed by atoms with E-state index in [0.29, 0.717) is 12.5 Å². The molecule has 0 radical (unpaired) electrons. The molecule has 0 spiro atoms. The lowest BCUT2D eigenvalue weighted by Crippen LogP contribution is -2.56. The molecule has 1 heterocycles. The van der Waals surface area contributed by atoms with Gasteiger partial charge >= 0.3 is 0 Å². The number of hydrogen-bond donors (Lipinski definition) is 1. The van der Waals surface area contributed by atoms with Gasteiger partial charge in [0.05, 0.1) is 11.7 Å². The lowest BCUT2D eigenvalue weighted by atomic mass is 9.90. The molecule has 2 unspecified atom stereocenters. The van der Waals surface area contributed by atoms with Crippen molar-refractivity contribution in [2.24, 2.45) is 11.7 Å². The monoisotopic (exact) mass is 237 g/mol. The summed E-state index contributed by atoms with van der Waals surface area (Å²) in [4.78, 5) is 2.30. The van der Waals surface area contributed by atoms with Crippen LogP contribution < -0.4 is 5.73 Å². The zero-order valence-electron chi connectivity index (χ0n) is 10.9. The molecule has 2 atom stereocenters. The highest BCUT2D eigenvalue weighted by Gasteiger charge is 2.45. The molecule has 0 amide bonds. The van der Waals surface area contributed by atoms with Crippen molar-refractivity contribution in [1.82, 2.24) is 4.90 Å². The first kappa shape index (κ1) is 12.8. The van der Waals surface area contributed by atoms with Gasteiger partial charge in [-0.05, 0) is 45.1 Å². The van der Waals surface area contributed by atoms with Crippen LogP contribution in [0.4, 0.5) is 0 Å². The SMILES string of the molecule is COC1(C)CCCN(CC(N)(C#N)C2CC2)C1. The number of likely N-dealkylation sites (tertiary alicyclic amines) is 1. The Morgan fingerprint density at radius 3 is 2.82 bits per heavy atom. The molecule has 2 aliphatic rings. The van der Waals surface area contributed by atoms with Gasteiger partial charge in [0.2, 0.25) is 0 Å². The predicted molar refractivity (Wildman–Crippen MR) is 66.3 cm³/mol. The van der Waals surface area contributed by atoms with Crippen LogP contribution in [0.25, 0.3) is 0 Å². The minimum atomic E-state index is -0.647. The van der Waals surface area contributed by atoms with Crippen LogP contribution >= 0.6 is 0 Å². The van der Waals surface area contributed by atoms with Crippen LogP contribution in [0.1, 0.15) is 32.6 Å². The molecule has 1 saturated carbocycles. The van der Waals surface area contributed by atoms with E-state index >= 15 is 0 Å². The van der Waals surface area contributed by atoms with Crippen LogP contribution in [-0.4, -0.2) is 42.8 Å². The topological polar surface area (TPSA) is 62.3 Å². The van der Waals surface area contributed by atoms with Gasteiger partial charge < -0.3 is 10.5 Å². The fraction of sp³-hybridized carbons (Fsp3) is 0.923. The van der Waals surface area contributed by atoms with Gasteiger partial charge in [-0.1, -0.05) is 0 Å². The van der Waals surface area contributed by atoms with E-state index in [1.54, 1.807) is 7.11 Å². The molecule has 17 heavy (non-hydrogen) atoms. The first-order chi connectivity index (χ1) is 8.01. The van der Waals surface area contributed by atoms with Gasteiger partial charge in [0.15, 0.2) is 0 Å². The number of rotatable bonds is 4. The van der Waals surface area contributed by atoms with Crippen molar-refractivity contribution in [1.29, 1.82) is 5.26 Å². The minimum absolute atomic E-state index is 0.0713. The Kier molecular flexibility index (Phi) is 3.44. The third-order valence-corrected chi connectivity index (χ3v) is 4.23. The molecule has 4 nitrogen and oxygen atoms in total. The average molecular weight is 237 g/mol. The fourth-order valence-corrected chi connectivity index (χ4v) is 2.83. The normalized spacial score (nSPS) is 34.0. The maximum Gasteiger partial charge on any atom is 0.119 e. The number of hydrogen-bond acceptors (Lipinski definition) is 4. The lowest BCUT2D eigenvalue weighted by molar-refractivity contribution is -0.0537. The summed E-state index contributed by atoms with van der Waals surface area (Å²) in [6, 6.07) is 2.33. The summed E-state index contributed by atoms with van der Waals surface area (Å²) in [7, 11) is 1.77. The van der Waals surface area contributed by atoms with Crippen molar-refractivity contribution in [2.45, 2.75) is 43.7 Å². The van der Waals surface area contributed by atoms with Gasteiger partial charge in [0, 0.05) is 20.2 Å². The van der Waals surface area contributed by atoms with Gasteiger partial charge in [-0.3, -0.25) is 4.90 Å². The zero-order chi connectivity index (χ0) is 12.5. The molecule has 0 aromatic heterocycles. The highest BCUT2D eigenvalue weighted by Crippen LogP contribution is 2.39. The van der Waals surface area contributed by atoms with Crippen LogP contribution in [0.2, 0.25) is 0 Å². The Morgan fingerprint density at radius 2 is 2.29 bits per heavy atom. The summed E-state index contributed by atoms with van der Waals surface area (Å²) < 4.78 is 5.57. The molecule has 2 N–H and O–H groups in total. The molecular formula is C13H23N3O. The fourth-order valence-electron chi connectivity index (χ4n) is 2.83. The summed E-state index contributed by atoms with van der Waals surface area (Å²) in [6.07, 6.45) is 4.43. The summed E-state index contributed by atoms with van der Waals surface area (Å²) in [5.41, 5.74) is 5.50. The van der Waals surface area contributed by atoms with E-state index in [0.717, 1.165) is 38.8 Å². The van der Waals surface area contributed by atoms with Crippen molar-refractivity contribution in [3.8, 4) is 6.07 Å². The molecule has 2 fully saturated rings. The molecule has 0 aromatic rings. The highest BCUT2D eigenvalue weighted by atomic mass is 16.5. The summed E-state index contributed by atoms with van der Waals surface area (Å²) in [5.74, 6) is 0.406. The standard InChI is InChI=1S/C13H23N3O/c1-12(17-2)6-3-7-16(9-12)10-13(15,8-14)11-4-5-11/h11H,3-7,9-10,15H2,1-2H3. The van der Waals surface area contributed by atoms with E-state index in [4.69, 9.17) is 10.5 Å². The number of methoxy groups -OCH3 is 1. The van der Waals surface area contributed by atoms with E-state index in [1.165, 1.54) is 0 Å². The third kappa shape index (κ3) is 2.79. The predicted octanol–water partition coefficient (Wildman–Crippen LogP) is 1.12. The Hall–Kier alpha value is -0.630. The first-order valence-electron chi connectivity index (χ1n) is 6.49. The Morgan fingerprint density at radius 1 is 1.59 bits per heavy atom. The molecule has 4 heteroatoms. The van der Waals surface area contributed by atoms with Gasteiger partial charge in [0.25, 0.3) is 0 Å². The number of nitriles is 1.